The van der Waals surface area contributed by atoms with E-state index >= 15 is 0 Å². The number of nitrogens with one attached hydrogen (secondary N) is 1. The fourth-order valence-corrected chi connectivity index (χ4v) is 3.53. The van der Waals surface area contributed by atoms with Crippen molar-refractivity contribution in [2.24, 2.45) is 0 Å². The summed E-state index contributed by atoms with van der Waals surface area (Å²) >= 11 is 1.15. The molecule has 3 aromatic rings. The summed E-state index contributed by atoms with van der Waals surface area (Å²) in [7, 11) is 0. The summed E-state index contributed by atoms with van der Waals surface area (Å²) in [6.45, 7) is 1.20. The predicted octanol–water partition coefficient (Wildman–Crippen LogP) is 1.37. The monoisotopic (exact) mass is 359 g/mol. The lowest BCUT2D eigenvalue weighted by molar-refractivity contribution is 0.0802. The lowest BCUT2D eigenvalue weighted by atomic mass is 10.2. The van der Waals surface area contributed by atoms with Crippen molar-refractivity contribution >= 4 is 33.1 Å². The van der Waals surface area contributed by atoms with Crippen LogP contribution in [0, 0.1) is 6.92 Å². The third-order valence-electron chi connectivity index (χ3n) is 3.77. The number of amides is 1. The molecule has 0 bridgehead atoms. The number of aliphatic hydroxyl groups is 2. The van der Waals surface area contributed by atoms with Gasteiger partial charge in [0.2, 0.25) is 0 Å². The number of aliphatic hydroxyl groups excluding tert-OH is 2. The predicted molar refractivity (Wildman–Crippen MR) is 96.1 cm³/mol. The molecule has 3 N–H and O–H groups in total. The number of hydrogen-bond acceptors (Lipinski definition) is 6. The van der Waals surface area contributed by atoms with Gasteiger partial charge in [0.15, 0.2) is 0 Å². The standard InChI is InChI=1S/C17H17N3O4S/c1-10-13-16(18-9-20(17(13)24)7-12(22)8-21)25-14(10)15(23)19-11-5-3-2-4-6-11/h2-6,9,12,21-22H,7-8H2,1H3,(H,19,23). The minimum atomic E-state index is -1.04. The molecule has 2 aromatic heterocycles. The molecule has 1 amide bonds. The zero-order valence-electron chi connectivity index (χ0n) is 13.5. The number of carbonyl (C=O) groups excluding carboxylic acids is 1. The zero-order chi connectivity index (χ0) is 18.0. The SMILES string of the molecule is Cc1c(C(=O)Nc2ccccc2)sc2ncn(CC(O)CO)c(=O)c12. The highest BCUT2D eigenvalue weighted by Crippen LogP contribution is 2.27. The highest BCUT2D eigenvalue weighted by atomic mass is 32.1. The zero-order valence-corrected chi connectivity index (χ0v) is 14.3. The molecule has 0 saturated heterocycles. The molecule has 8 heteroatoms. The van der Waals surface area contributed by atoms with Crippen LogP contribution >= 0.6 is 11.3 Å². The summed E-state index contributed by atoms with van der Waals surface area (Å²) in [5, 5.41) is 21.6. The first-order valence-corrected chi connectivity index (χ1v) is 8.46. The van der Waals surface area contributed by atoms with E-state index < -0.39 is 12.7 Å². The Kier molecular flexibility index (Phi) is 4.93. The minimum absolute atomic E-state index is 0.0564. The van der Waals surface area contributed by atoms with Gasteiger partial charge in [0.25, 0.3) is 11.5 Å². The summed E-state index contributed by atoms with van der Waals surface area (Å²) in [6, 6.07) is 9.05. The number of para-hydroxylation sites is 1. The molecular weight excluding hydrogens is 342 g/mol. The van der Waals surface area contributed by atoms with E-state index in [1.165, 1.54) is 10.9 Å². The maximum absolute atomic E-state index is 12.6. The molecule has 0 radical (unpaired) electrons. The van der Waals surface area contributed by atoms with E-state index in [2.05, 4.69) is 10.3 Å². The number of aromatic nitrogens is 2. The maximum atomic E-state index is 12.6. The Bertz CT molecular complexity index is 965. The highest BCUT2D eigenvalue weighted by molar-refractivity contribution is 7.20. The van der Waals surface area contributed by atoms with E-state index in [-0.39, 0.29) is 18.0 Å². The van der Waals surface area contributed by atoms with Gasteiger partial charge in [-0.1, -0.05) is 18.2 Å². The molecule has 0 fully saturated rings. The third kappa shape index (κ3) is 3.46. The average molecular weight is 359 g/mol. The molecule has 25 heavy (non-hydrogen) atoms. The summed E-state index contributed by atoms with van der Waals surface area (Å²) in [6.07, 6.45) is 0.273. The minimum Gasteiger partial charge on any atom is -0.394 e. The summed E-state index contributed by atoms with van der Waals surface area (Å²) in [5.41, 5.74) is 0.879. The Morgan fingerprint density at radius 3 is 2.76 bits per heavy atom. The lowest BCUT2D eigenvalue weighted by Gasteiger charge is -2.09. The largest absolute Gasteiger partial charge is 0.394 e. The van der Waals surface area contributed by atoms with Gasteiger partial charge in [-0.3, -0.25) is 14.2 Å². The van der Waals surface area contributed by atoms with Gasteiger partial charge in [-0.05, 0) is 24.6 Å². The van der Waals surface area contributed by atoms with Gasteiger partial charge in [0, 0.05) is 5.69 Å². The number of hydrogen-bond donors (Lipinski definition) is 3. The van der Waals surface area contributed by atoms with Crippen molar-refractivity contribution in [3.05, 3.63) is 57.5 Å². The topological polar surface area (TPSA) is 104 Å². The molecule has 1 aromatic carbocycles. The van der Waals surface area contributed by atoms with Gasteiger partial charge in [0.1, 0.15) is 4.83 Å². The quantitative estimate of drug-likeness (QED) is 0.638. The molecule has 0 spiro atoms. The van der Waals surface area contributed by atoms with Gasteiger partial charge in [-0.25, -0.2) is 4.98 Å². The lowest BCUT2D eigenvalue weighted by Crippen LogP contribution is -2.28. The van der Waals surface area contributed by atoms with E-state index in [1.807, 2.05) is 18.2 Å². The molecule has 7 nitrogen and oxygen atoms in total. The van der Waals surface area contributed by atoms with E-state index in [0.29, 0.717) is 26.3 Å². The Morgan fingerprint density at radius 2 is 2.08 bits per heavy atom. The van der Waals surface area contributed by atoms with Gasteiger partial charge in [0.05, 0.1) is 35.8 Å². The van der Waals surface area contributed by atoms with Crippen LogP contribution in [0.15, 0.2) is 41.5 Å². The van der Waals surface area contributed by atoms with Crippen LogP contribution in [0.2, 0.25) is 0 Å². The Hall–Kier alpha value is -2.55. The first-order valence-electron chi connectivity index (χ1n) is 7.65. The number of aryl methyl sites for hydroxylation is 1. The fraction of sp³-hybridized carbons (Fsp3) is 0.235. The van der Waals surface area contributed by atoms with Crippen LogP contribution in [0.1, 0.15) is 15.2 Å². The first kappa shape index (κ1) is 17.3. The highest BCUT2D eigenvalue weighted by Gasteiger charge is 2.20. The molecule has 1 unspecified atom stereocenters. The van der Waals surface area contributed by atoms with Crippen LogP contribution < -0.4 is 10.9 Å². The summed E-state index contributed by atoms with van der Waals surface area (Å²) < 4.78 is 1.24. The molecule has 0 aliphatic heterocycles. The third-order valence-corrected chi connectivity index (χ3v) is 4.97. The number of thiophene rings is 1. The van der Waals surface area contributed by atoms with E-state index in [4.69, 9.17) is 5.11 Å². The second-order valence-electron chi connectivity index (χ2n) is 5.59. The second-order valence-corrected chi connectivity index (χ2v) is 6.59. The number of carbonyl (C=O) groups is 1. The molecule has 0 saturated carbocycles. The number of rotatable bonds is 5. The van der Waals surface area contributed by atoms with Crippen molar-refractivity contribution < 1.29 is 15.0 Å². The summed E-state index contributed by atoms with van der Waals surface area (Å²) in [4.78, 5) is 30.2. The van der Waals surface area contributed by atoms with Gasteiger partial charge in [-0.2, -0.15) is 0 Å². The van der Waals surface area contributed by atoms with Crippen LogP contribution in [0.4, 0.5) is 5.69 Å². The number of anilines is 1. The van der Waals surface area contributed by atoms with Gasteiger partial charge in [-0.15, -0.1) is 11.3 Å². The van der Waals surface area contributed by atoms with Crippen LogP contribution in [-0.2, 0) is 6.54 Å². The van der Waals surface area contributed by atoms with E-state index in [1.54, 1.807) is 19.1 Å². The van der Waals surface area contributed by atoms with Crippen molar-refractivity contribution in [1.29, 1.82) is 0 Å². The molecule has 3 rings (SSSR count). The maximum Gasteiger partial charge on any atom is 0.266 e. The van der Waals surface area contributed by atoms with Crippen molar-refractivity contribution in [2.45, 2.75) is 19.6 Å². The van der Waals surface area contributed by atoms with Crippen LogP contribution in [0.25, 0.3) is 10.2 Å². The Balaban J connectivity index is 1.98. The van der Waals surface area contributed by atoms with Crippen molar-refractivity contribution in [1.82, 2.24) is 9.55 Å². The number of nitrogens with zero attached hydrogens (tertiary/aromatic N) is 2. The second kappa shape index (κ2) is 7.14. The Morgan fingerprint density at radius 1 is 1.36 bits per heavy atom. The average Bonchev–Trinajstić information content (AvgIpc) is 2.95. The molecular formula is C17H17N3O4S. The molecule has 0 aliphatic rings. The van der Waals surface area contributed by atoms with Crippen LogP contribution in [0.5, 0.6) is 0 Å². The van der Waals surface area contributed by atoms with E-state index in [0.717, 1.165) is 11.3 Å². The number of benzene rings is 1. The molecule has 2 heterocycles. The van der Waals surface area contributed by atoms with Crippen LogP contribution in [0.3, 0.4) is 0 Å². The molecule has 0 aliphatic carbocycles. The smallest absolute Gasteiger partial charge is 0.266 e. The fourth-order valence-electron chi connectivity index (χ4n) is 2.50. The van der Waals surface area contributed by atoms with Crippen molar-refractivity contribution in [3.8, 4) is 0 Å². The molecule has 1 atom stereocenters. The Labute approximate surface area is 147 Å². The van der Waals surface area contributed by atoms with Gasteiger partial charge >= 0.3 is 0 Å². The van der Waals surface area contributed by atoms with Crippen molar-refractivity contribution in [2.75, 3.05) is 11.9 Å². The van der Waals surface area contributed by atoms with Crippen LogP contribution in [-0.4, -0.2) is 38.4 Å². The van der Waals surface area contributed by atoms with Crippen molar-refractivity contribution in [3.63, 3.8) is 0 Å². The van der Waals surface area contributed by atoms with Gasteiger partial charge < -0.3 is 15.5 Å². The van der Waals surface area contributed by atoms with E-state index in [9.17, 15) is 14.7 Å². The molecule has 130 valence electrons. The number of fused-ring (bicyclic) bond motifs is 1. The normalized spacial score (nSPS) is 12.3. The first-order chi connectivity index (χ1) is 12.0. The summed E-state index contributed by atoms with van der Waals surface area (Å²) in [5.74, 6) is -0.298.